The van der Waals surface area contributed by atoms with Crippen molar-refractivity contribution in [1.82, 2.24) is 4.98 Å². The summed E-state index contributed by atoms with van der Waals surface area (Å²) < 4.78 is 31.5. The molecule has 0 bridgehead atoms. The standard InChI is InChI=1S/C14H16N2O4S/c1-20-14-6-5-13(8-15-14)16-21(18,19)10-12-4-2-3-11(7-12)9-17/h2-8,16-17H,9-10H2,1H3. The van der Waals surface area contributed by atoms with Crippen LogP contribution in [-0.2, 0) is 22.4 Å². The number of nitrogens with zero attached hydrogens (tertiary/aromatic N) is 1. The maximum atomic E-state index is 12.1. The summed E-state index contributed by atoms with van der Waals surface area (Å²) in [6, 6.07) is 9.95. The summed E-state index contributed by atoms with van der Waals surface area (Å²) in [7, 11) is -2.06. The van der Waals surface area contributed by atoms with Gasteiger partial charge < -0.3 is 9.84 Å². The molecule has 0 radical (unpaired) electrons. The molecule has 0 aliphatic rings. The highest BCUT2D eigenvalue weighted by atomic mass is 32.2. The molecule has 0 aliphatic carbocycles. The van der Waals surface area contributed by atoms with Gasteiger partial charge in [-0.2, -0.15) is 0 Å². The van der Waals surface area contributed by atoms with E-state index in [0.29, 0.717) is 22.7 Å². The smallest absolute Gasteiger partial charge is 0.236 e. The van der Waals surface area contributed by atoms with Gasteiger partial charge in [-0.1, -0.05) is 24.3 Å². The summed E-state index contributed by atoms with van der Waals surface area (Å²) in [5.74, 6) is 0.237. The number of methoxy groups -OCH3 is 1. The molecule has 112 valence electrons. The van der Waals surface area contributed by atoms with Crippen LogP contribution in [0.4, 0.5) is 5.69 Å². The number of aliphatic hydroxyl groups is 1. The summed E-state index contributed by atoms with van der Waals surface area (Å²) in [6.07, 6.45) is 1.39. The molecule has 0 aliphatic heterocycles. The van der Waals surface area contributed by atoms with Crippen LogP contribution < -0.4 is 9.46 Å². The minimum Gasteiger partial charge on any atom is -0.481 e. The first-order chi connectivity index (χ1) is 10.0. The lowest BCUT2D eigenvalue weighted by Crippen LogP contribution is -2.15. The molecule has 0 saturated carbocycles. The van der Waals surface area contributed by atoms with Crippen LogP contribution in [0.15, 0.2) is 42.6 Å². The van der Waals surface area contributed by atoms with Gasteiger partial charge in [-0.25, -0.2) is 13.4 Å². The molecular formula is C14H16N2O4S. The summed E-state index contributed by atoms with van der Waals surface area (Å²) in [6.45, 7) is -0.121. The monoisotopic (exact) mass is 308 g/mol. The molecule has 0 spiro atoms. The van der Waals surface area contributed by atoms with Gasteiger partial charge in [-0.3, -0.25) is 4.72 Å². The van der Waals surface area contributed by atoms with Crippen LogP contribution in [-0.4, -0.2) is 25.6 Å². The van der Waals surface area contributed by atoms with Crippen LogP contribution in [0, 0.1) is 0 Å². The summed E-state index contributed by atoms with van der Waals surface area (Å²) in [4.78, 5) is 3.93. The van der Waals surface area contributed by atoms with Crippen LogP contribution in [0.25, 0.3) is 0 Å². The average Bonchev–Trinajstić information content (AvgIpc) is 2.47. The fourth-order valence-electron chi connectivity index (χ4n) is 1.81. The van der Waals surface area contributed by atoms with E-state index in [2.05, 4.69) is 9.71 Å². The topological polar surface area (TPSA) is 88.5 Å². The Morgan fingerprint density at radius 2 is 2.00 bits per heavy atom. The quantitative estimate of drug-likeness (QED) is 0.844. The van der Waals surface area contributed by atoms with E-state index in [-0.39, 0.29) is 12.4 Å². The SMILES string of the molecule is COc1ccc(NS(=O)(=O)Cc2cccc(CO)c2)cn1. The van der Waals surface area contributed by atoms with Gasteiger partial charge in [-0.15, -0.1) is 0 Å². The zero-order valence-corrected chi connectivity index (χ0v) is 12.3. The molecule has 1 aromatic carbocycles. The second-order valence-electron chi connectivity index (χ2n) is 4.43. The summed E-state index contributed by atoms with van der Waals surface area (Å²) in [5, 5.41) is 9.06. The van der Waals surface area contributed by atoms with Crippen molar-refractivity contribution in [3.8, 4) is 5.88 Å². The largest absolute Gasteiger partial charge is 0.481 e. The average molecular weight is 308 g/mol. The van der Waals surface area contributed by atoms with Gasteiger partial charge in [0, 0.05) is 6.07 Å². The Kier molecular flexibility index (Phi) is 4.77. The van der Waals surface area contributed by atoms with Gasteiger partial charge in [0.15, 0.2) is 0 Å². The predicted octanol–water partition coefficient (Wildman–Crippen LogP) is 1.52. The molecule has 1 aromatic heterocycles. The third-order valence-electron chi connectivity index (χ3n) is 2.75. The second kappa shape index (κ2) is 6.55. The first-order valence-corrected chi connectivity index (χ1v) is 7.87. The summed E-state index contributed by atoms with van der Waals surface area (Å²) in [5.41, 5.74) is 1.65. The first kappa shape index (κ1) is 15.3. The first-order valence-electron chi connectivity index (χ1n) is 6.21. The third kappa shape index (κ3) is 4.44. The van der Waals surface area contributed by atoms with Crippen molar-refractivity contribution in [2.24, 2.45) is 0 Å². The number of benzene rings is 1. The number of aliphatic hydroxyl groups excluding tert-OH is 1. The minimum absolute atomic E-state index is 0.121. The van der Waals surface area contributed by atoms with Crippen LogP contribution in [0.1, 0.15) is 11.1 Å². The Morgan fingerprint density at radius 3 is 2.62 bits per heavy atom. The molecule has 0 saturated heterocycles. The lowest BCUT2D eigenvalue weighted by atomic mass is 10.1. The van der Waals surface area contributed by atoms with E-state index in [1.807, 2.05) is 0 Å². The molecule has 2 aromatic rings. The van der Waals surface area contributed by atoms with Crippen molar-refractivity contribution in [3.63, 3.8) is 0 Å². The van der Waals surface area contributed by atoms with Crippen LogP contribution in [0.5, 0.6) is 5.88 Å². The molecule has 6 nitrogen and oxygen atoms in total. The van der Waals surface area contributed by atoms with E-state index in [0.717, 1.165) is 0 Å². The Bertz CT molecular complexity index is 699. The Labute approximate surface area is 123 Å². The molecule has 0 amide bonds. The molecule has 2 rings (SSSR count). The van der Waals surface area contributed by atoms with Gasteiger partial charge in [0.1, 0.15) is 0 Å². The minimum atomic E-state index is -3.54. The number of rotatable bonds is 6. The predicted molar refractivity (Wildman–Crippen MR) is 79.4 cm³/mol. The summed E-state index contributed by atoms with van der Waals surface area (Å²) >= 11 is 0. The van der Waals surface area contributed by atoms with Crippen LogP contribution >= 0.6 is 0 Å². The van der Waals surface area contributed by atoms with Gasteiger partial charge >= 0.3 is 0 Å². The lowest BCUT2D eigenvalue weighted by molar-refractivity contribution is 0.282. The van der Waals surface area contributed by atoms with Gasteiger partial charge in [0.05, 0.1) is 31.4 Å². The number of aromatic nitrogens is 1. The van der Waals surface area contributed by atoms with Crippen molar-refractivity contribution in [3.05, 3.63) is 53.7 Å². The molecule has 2 N–H and O–H groups in total. The number of anilines is 1. The van der Waals surface area contributed by atoms with E-state index in [4.69, 9.17) is 9.84 Å². The Hall–Kier alpha value is -2.12. The normalized spacial score (nSPS) is 11.1. The molecule has 0 atom stereocenters. The van der Waals surface area contributed by atoms with E-state index in [1.54, 1.807) is 36.4 Å². The van der Waals surface area contributed by atoms with Crippen molar-refractivity contribution in [1.29, 1.82) is 0 Å². The van der Waals surface area contributed by atoms with E-state index >= 15 is 0 Å². The van der Waals surface area contributed by atoms with Gasteiger partial charge in [-0.05, 0) is 17.2 Å². The number of ether oxygens (including phenoxy) is 1. The third-order valence-corrected chi connectivity index (χ3v) is 4.01. The number of sulfonamides is 1. The fourth-order valence-corrected chi connectivity index (χ4v) is 2.98. The van der Waals surface area contributed by atoms with Crippen LogP contribution in [0.2, 0.25) is 0 Å². The van der Waals surface area contributed by atoms with E-state index < -0.39 is 10.0 Å². The maximum Gasteiger partial charge on any atom is 0.236 e. The Balaban J connectivity index is 2.10. The van der Waals surface area contributed by atoms with Crippen molar-refractivity contribution in [2.45, 2.75) is 12.4 Å². The number of pyridine rings is 1. The highest BCUT2D eigenvalue weighted by Gasteiger charge is 2.12. The fraction of sp³-hybridized carbons (Fsp3) is 0.214. The van der Waals surface area contributed by atoms with E-state index in [9.17, 15) is 8.42 Å². The second-order valence-corrected chi connectivity index (χ2v) is 6.15. The number of nitrogens with one attached hydrogen (secondary N) is 1. The van der Waals surface area contributed by atoms with Gasteiger partial charge in [0.25, 0.3) is 0 Å². The zero-order valence-electron chi connectivity index (χ0n) is 11.5. The molecule has 7 heteroatoms. The molecular weight excluding hydrogens is 292 g/mol. The number of hydrogen-bond acceptors (Lipinski definition) is 5. The van der Waals surface area contributed by atoms with E-state index in [1.165, 1.54) is 13.3 Å². The van der Waals surface area contributed by atoms with Crippen molar-refractivity contribution in [2.75, 3.05) is 11.8 Å². The van der Waals surface area contributed by atoms with Crippen molar-refractivity contribution < 1.29 is 18.3 Å². The number of hydrogen-bond donors (Lipinski definition) is 2. The Morgan fingerprint density at radius 1 is 1.24 bits per heavy atom. The van der Waals surface area contributed by atoms with Crippen LogP contribution in [0.3, 0.4) is 0 Å². The highest BCUT2D eigenvalue weighted by molar-refractivity contribution is 7.91. The highest BCUT2D eigenvalue weighted by Crippen LogP contribution is 2.15. The maximum absolute atomic E-state index is 12.1. The molecule has 0 fully saturated rings. The lowest BCUT2D eigenvalue weighted by Gasteiger charge is -2.09. The molecule has 1 heterocycles. The molecule has 0 unspecified atom stereocenters. The van der Waals surface area contributed by atoms with Gasteiger partial charge in [0.2, 0.25) is 15.9 Å². The van der Waals surface area contributed by atoms with Crippen molar-refractivity contribution >= 4 is 15.7 Å². The zero-order chi connectivity index (χ0) is 15.3. The molecule has 21 heavy (non-hydrogen) atoms.